The smallest absolute Gasteiger partial charge is 0.0631 e. The van der Waals surface area contributed by atoms with E-state index in [1.54, 1.807) is 0 Å². The van der Waals surface area contributed by atoms with E-state index in [1.165, 1.54) is 5.56 Å². The Kier molecular flexibility index (Phi) is 3.55. The normalized spacial score (nSPS) is 29.4. The van der Waals surface area contributed by atoms with Gasteiger partial charge in [0.05, 0.1) is 12.2 Å². The van der Waals surface area contributed by atoms with E-state index >= 15 is 0 Å². The summed E-state index contributed by atoms with van der Waals surface area (Å²) < 4.78 is 0. The van der Waals surface area contributed by atoms with Gasteiger partial charge in [-0.2, -0.15) is 0 Å². The molecule has 1 fully saturated rings. The molecule has 2 rings (SSSR count). The van der Waals surface area contributed by atoms with Crippen molar-refractivity contribution < 1.29 is 10.2 Å². The van der Waals surface area contributed by atoms with Gasteiger partial charge in [-0.1, -0.05) is 44.2 Å². The molecule has 1 aromatic carbocycles. The topological polar surface area (TPSA) is 40.5 Å². The van der Waals surface area contributed by atoms with Crippen molar-refractivity contribution >= 4 is 0 Å². The maximum absolute atomic E-state index is 10.3. The Morgan fingerprint density at radius 2 is 1.88 bits per heavy atom. The van der Waals surface area contributed by atoms with Crippen molar-refractivity contribution in [3.05, 3.63) is 35.9 Å². The molecule has 2 nitrogen and oxygen atoms in total. The lowest BCUT2D eigenvalue weighted by Crippen LogP contribution is -2.31. The first-order chi connectivity index (χ1) is 8.07. The SMILES string of the molecule is CC(C)[C@]1([C@H](O)CCc2ccccc2)C[C@H]1O. The predicted molar refractivity (Wildman–Crippen MR) is 68.7 cm³/mol. The van der Waals surface area contributed by atoms with Gasteiger partial charge in [-0.15, -0.1) is 0 Å². The molecular weight excluding hydrogens is 212 g/mol. The third-order valence-corrected chi connectivity index (χ3v) is 4.25. The Balaban J connectivity index is 1.92. The molecule has 3 atom stereocenters. The zero-order valence-electron chi connectivity index (χ0n) is 10.6. The fourth-order valence-electron chi connectivity index (χ4n) is 2.86. The van der Waals surface area contributed by atoms with Gasteiger partial charge in [-0.05, 0) is 30.7 Å². The Hall–Kier alpha value is -0.860. The van der Waals surface area contributed by atoms with Crippen LogP contribution in [0.4, 0.5) is 0 Å². The average Bonchev–Trinajstić information content (AvgIpc) is 3.01. The third-order valence-electron chi connectivity index (χ3n) is 4.25. The van der Waals surface area contributed by atoms with Crippen molar-refractivity contribution in [1.29, 1.82) is 0 Å². The number of aliphatic hydroxyl groups is 2. The Morgan fingerprint density at radius 1 is 1.29 bits per heavy atom. The predicted octanol–water partition coefficient (Wildman–Crippen LogP) is 2.39. The van der Waals surface area contributed by atoms with Crippen LogP contribution in [-0.2, 0) is 6.42 Å². The first-order valence-corrected chi connectivity index (χ1v) is 6.47. The van der Waals surface area contributed by atoms with Crippen molar-refractivity contribution in [3.63, 3.8) is 0 Å². The fraction of sp³-hybridized carbons (Fsp3) is 0.600. The number of hydrogen-bond acceptors (Lipinski definition) is 2. The lowest BCUT2D eigenvalue weighted by Gasteiger charge is -2.26. The molecule has 1 aliphatic carbocycles. The highest BCUT2D eigenvalue weighted by molar-refractivity contribution is 5.16. The molecule has 0 bridgehead atoms. The second-order valence-corrected chi connectivity index (χ2v) is 5.53. The van der Waals surface area contributed by atoms with Gasteiger partial charge in [0.25, 0.3) is 0 Å². The van der Waals surface area contributed by atoms with Crippen LogP contribution in [0.25, 0.3) is 0 Å². The van der Waals surface area contributed by atoms with Crippen LogP contribution >= 0.6 is 0 Å². The van der Waals surface area contributed by atoms with Gasteiger partial charge in [-0.3, -0.25) is 0 Å². The van der Waals surface area contributed by atoms with E-state index in [-0.39, 0.29) is 11.5 Å². The molecule has 2 N–H and O–H groups in total. The van der Waals surface area contributed by atoms with E-state index in [0.717, 1.165) is 19.3 Å². The molecule has 17 heavy (non-hydrogen) atoms. The van der Waals surface area contributed by atoms with Gasteiger partial charge < -0.3 is 10.2 Å². The van der Waals surface area contributed by atoms with Gasteiger partial charge in [0.2, 0.25) is 0 Å². The van der Waals surface area contributed by atoms with E-state index < -0.39 is 6.10 Å². The second-order valence-electron chi connectivity index (χ2n) is 5.53. The van der Waals surface area contributed by atoms with Crippen molar-refractivity contribution in [2.24, 2.45) is 11.3 Å². The van der Waals surface area contributed by atoms with Gasteiger partial charge in [0.1, 0.15) is 0 Å². The highest BCUT2D eigenvalue weighted by Gasteiger charge is 2.59. The molecule has 1 saturated carbocycles. The van der Waals surface area contributed by atoms with Crippen LogP contribution in [-0.4, -0.2) is 22.4 Å². The average molecular weight is 234 g/mol. The first-order valence-electron chi connectivity index (χ1n) is 6.47. The maximum atomic E-state index is 10.3. The fourth-order valence-corrected chi connectivity index (χ4v) is 2.86. The molecule has 0 aromatic heterocycles. The van der Waals surface area contributed by atoms with Crippen LogP contribution in [0.1, 0.15) is 32.3 Å². The summed E-state index contributed by atoms with van der Waals surface area (Å²) in [5, 5.41) is 20.0. The van der Waals surface area contributed by atoms with Crippen LogP contribution < -0.4 is 0 Å². The molecule has 1 aliphatic rings. The molecule has 0 heterocycles. The van der Waals surface area contributed by atoms with Crippen LogP contribution in [0.5, 0.6) is 0 Å². The molecule has 0 aliphatic heterocycles. The molecule has 0 saturated heterocycles. The maximum Gasteiger partial charge on any atom is 0.0631 e. The number of benzene rings is 1. The zero-order valence-corrected chi connectivity index (χ0v) is 10.6. The minimum Gasteiger partial charge on any atom is -0.392 e. The van der Waals surface area contributed by atoms with E-state index in [1.807, 2.05) is 18.2 Å². The van der Waals surface area contributed by atoms with E-state index in [0.29, 0.717) is 5.92 Å². The van der Waals surface area contributed by atoms with Crippen molar-refractivity contribution in [2.45, 2.75) is 45.3 Å². The second kappa shape index (κ2) is 4.79. The lowest BCUT2D eigenvalue weighted by atomic mass is 9.83. The van der Waals surface area contributed by atoms with Gasteiger partial charge in [0.15, 0.2) is 0 Å². The lowest BCUT2D eigenvalue weighted by molar-refractivity contribution is 0.0254. The van der Waals surface area contributed by atoms with Crippen molar-refractivity contribution in [3.8, 4) is 0 Å². The summed E-state index contributed by atoms with van der Waals surface area (Å²) in [6.45, 7) is 4.17. The van der Waals surface area contributed by atoms with Crippen LogP contribution in [0, 0.1) is 11.3 Å². The molecule has 0 radical (unpaired) electrons. The summed E-state index contributed by atoms with van der Waals surface area (Å²) in [5.74, 6) is 0.336. The van der Waals surface area contributed by atoms with Crippen LogP contribution in [0.3, 0.4) is 0 Å². The summed E-state index contributed by atoms with van der Waals surface area (Å²) in [6, 6.07) is 10.2. The monoisotopic (exact) mass is 234 g/mol. The van der Waals surface area contributed by atoms with Crippen LogP contribution in [0.15, 0.2) is 30.3 Å². The summed E-state index contributed by atoms with van der Waals surface area (Å²) in [7, 11) is 0. The minimum atomic E-state index is -0.391. The highest BCUT2D eigenvalue weighted by Crippen LogP contribution is 2.55. The Morgan fingerprint density at radius 3 is 2.35 bits per heavy atom. The van der Waals surface area contributed by atoms with E-state index in [4.69, 9.17) is 0 Å². The Bertz CT molecular complexity index is 360. The van der Waals surface area contributed by atoms with Crippen molar-refractivity contribution in [2.75, 3.05) is 0 Å². The summed E-state index contributed by atoms with van der Waals surface area (Å²) in [6.07, 6.45) is 1.66. The van der Waals surface area contributed by atoms with E-state index in [9.17, 15) is 10.2 Å². The standard InChI is InChI=1S/C15H22O2/c1-11(2)15(10-14(15)17)13(16)9-8-12-6-4-3-5-7-12/h3-7,11,13-14,16-17H,8-10H2,1-2H3/t13-,14-,15+/m1/s1. The molecule has 0 spiro atoms. The van der Waals surface area contributed by atoms with Gasteiger partial charge >= 0.3 is 0 Å². The molecule has 1 aromatic rings. The quantitative estimate of drug-likeness (QED) is 0.821. The number of hydrogen-bond donors (Lipinski definition) is 2. The number of aryl methyl sites for hydroxylation is 1. The number of aliphatic hydroxyl groups excluding tert-OH is 2. The minimum absolute atomic E-state index is 0.241. The number of rotatable bonds is 5. The van der Waals surface area contributed by atoms with Gasteiger partial charge in [-0.25, -0.2) is 0 Å². The summed E-state index contributed by atoms with van der Waals surface area (Å²) in [4.78, 5) is 0. The largest absolute Gasteiger partial charge is 0.392 e. The van der Waals surface area contributed by atoms with Crippen molar-refractivity contribution in [1.82, 2.24) is 0 Å². The molecular formula is C15H22O2. The zero-order chi connectivity index (χ0) is 12.5. The summed E-state index contributed by atoms with van der Waals surface area (Å²) in [5.41, 5.74) is 1.01. The molecule has 2 heteroatoms. The highest BCUT2D eigenvalue weighted by atomic mass is 16.3. The Labute approximate surface area is 103 Å². The molecule has 0 unspecified atom stereocenters. The first kappa shape index (κ1) is 12.6. The third kappa shape index (κ3) is 2.38. The molecule has 0 amide bonds. The van der Waals surface area contributed by atoms with Gasteiger partial charge in [0, 0.05) is 5.41 Å². The molecule has 94 valence electrons. The van der Waals surface area contributed by atoms with E-state index in [2.05, 4.69) is 26.0 Å². The summed E-state index contributed by atoms with van der Waals surface area (Å²) >= 11 is 0. The van der Waals surface area contributed by atoms with Crippen LogP contribution in [0.2, 0.25) is 0 Å².